The third kappa shape index (κ3) is 2.56. The Bertz CT molecular complexity index is 177. The molecule has 1 aromatic rings. The van der Waals surface area contributed by atoms with Gasteiger partial charge in [-0.15, -0.1) is 24.0 Å². The first-order valence-electron chi connectivity index (χ1n) is 2.07. The van der Waals surface area contributed by atoms with E-state index in [0.717, 1.165) is 4.47 Å². The Hall–Kier alpha value is 0.270. The zero-order chi connectivity index (χ0) is 5.98. The summed E-state index contributed by atoms with van der Waals surface area (Å²) < 4.78 is 2.59. The summed E-state index contributed by atoms with van der Waals surface area (Å²) in [6, 6.07) is 0.408. The molecule has 5 heteroatoms. The van der Waals surface area contributed by atoms with Crippen molar-refractivity contribution in [1.29, 1.82) is 0 Å². The maximum Gasteiger partial charge on any atom is 0.115 e. The van der Waals surface area contributed by atoms with E-state index in [1.54, 1.807) is 10.9 Å². The van der Waals surface area contributed by atoms with Crippen LogP contribution in [0, 0.1) is 0 Å². The molecule has 0 bridgehead atoms. The summed E-state index contributed by atoms with van der Waals surface area (Å²) in [4.78, 5) is 0. The van der Waals surface area contributed by atoms with Crippen molar-refractivity contribution >= 4 is 39.9 Å². The molecular weight excluding hydrogens is 227 g/mol. The van der Waals surface area contributed by atoms with Crippen molar-refractivity contribution in [3.63, 3.8) is 0 Å². The Morgan fingerprint density at radius 1 is 1.78 bits per heavy atom. The Kier molecular flexibility index (Phi) is 4.27. The van der Waals surface area contributed by atoms with E-state index in [4.69, 9.17) is 11.6 Å². The number of aromatic nitrogens is 2. The summed E-state index contributed by atoms with van der Waals surface area (Å²) in [6.07, 6.45) is 3.51. The van der Waals surface area contributed by atoms with Crippen LogP contribution in [-0.4, -0.2) is 9.78 Å². The second-order valence-electron chi connectivity index (χ2n) is 1.32. The molecule has 0 atom stereocenters. The number of halogens is 3. The van der Waals surface area contributed by atoms with E-state index in [1.165, 1.54) is 0 Å². The molecule has 1 aromatic heterocycles. The normalized spacial score (nSPS) is 8.67. The Morgan fingerprint density at radius 2 is 2.44 bits per heavy atom. The standard InChI is InChI=1S/C4H4BrClN2.ClH/c5-4-1-7-8(2-4)3-6;/h1-2H,3H2;1H. The van der Waals surface area contributed by atoms with Gasteiger partial charge in [0.1, 0.15) is 6.00 Å². The van der Waals surface area contributed by atoms with Gasteiger partial charge in [-0.1, -0.05) is 0 Å². The van der Waals surface area contributed by atoms with Crippen LogP contribution in [0.3, 0.4) is 0 Å². The minimum absolute atomic E-state index is 0. The fourth-order valence-electron chi connectivity index (χ4n) is 0.404. The molecular formula is C4H5BrCl2N2. The Labute approximate surface area is 72.7 Å². The molecule has 0 aliphatic carbocycles. The highest BCUT2D eigenvalue weighted by Crippen LogP contribution is 2.05. The highest BCUT2D eigenvalue weighted by Gasteiger charge is 1.88. The molecule has 1 heterocycles. The molecule has 0 aromatic carbocycles. The van der Waals surface area contributed by atoms with Gasteiger partial charge in [-0.05, 0) is 15.9 Å². The molecule has 9 heavy (non-hydrogen) atoms. The molecule has 0 saturated heterocycles. The highest BCUT2D eigenvalue weighted by molar-refractivity contribution is 9.10. The van der Waals surface area contributed by atoms with Crippen molar-refractivity contribution < 1.29 is 0 Å². The van der Waals surface area contributed by atoms with Gasteiger partial charge >= 0.3 is 0 Å². The monoisotopic (exact) mass is 230 g/mol. The molecule has 0 amide bonds. The van der Waals surface area contributed by atoms with Gasteiger partial charge in [-0.3, -0.25) is 4.68 Å². The van der Waals surface area contributed by atoms with Crippen LogP contribution in [0.2, 0.25) is 0 Å². The summed E-state index contributed by atoms with van der Waals surface area (Å²) in [5.41, 5.74) is 0. The molecule has 1 rings (SSSR count). The lowest BCUT2D eigenvalue weighted by Crippen LogP contribution is -1.89. The van der Waals surface area contributed by atoms with Gasteiger partial charge in [-0.25, -0.2) is 0 Å². The predicted molar refractivity (Wildman–Crippen MR) is 43.0 cm³/mol. The van der Waals surface area contributed by atoms with E-state index in [2.05, 4.69) is 21.0 Å². The molecule has 0 radical (unpaired) electrons. The van der Waals surface area contributed by atoms with Gasteiger partial charge in [0.25, 0.3) is 0 Å². The summed E-state index contributed by atoms with van der Waals surface area (Å²) in [6.45, 7) is 0. The van der Waals surface area contributed by atoms with Crippen LogP contribution in [0.5, 0.6) is 0 Å². The highest BCUT2D eigenvalue weighted by atomic mass is 79.9. The summed E-state index contributed by atoms with van der Waals surface area (Å²) in [5, 5.41) is 3.87. The molecule has 0 fully saturated rings. The fraction of sp³-hybridized carbons (Fsp3) is 0.250. The predicted octanol–water partition coefficient (Wildman–Crippen LogP) is 2.26. The maximum absolute atomic E-state index is 5.42. The second-order valence-corrected chi connectivity index (χ2v) is 2.47. The molecule has 52 valence electrons. The average molecular weight is 232 g/mol. The van der Waals surface area contributed by atoms with Crippen LogP contribution in [0.1, 0.15) is 0 Å². The van der Waals surface area contributed by atoms with E-state index < -0.39 is 0 Å². The van der Waals surface area contributed by atoms with Crippen LogP contribution < -0.4 is 0 Å². The lowest BCUT2D eigenvalue weighted by molar-refractivity contribution is 0.744. The average Bonchev–Trinajstić information content (AvgIpc) is 2.14. The first-order chi connectivity index (χ1) is 3.83. The van der Waals surface area contributed by atoms with Crippen molar-refractivity contribution in [2.45, 2.75) is 6.00 Å². The minimum atomic E-state index is 0. The van der Waals surface area contributed by atoms with Crippen LogP contribution in [-0.2, 0) is 6.00 Å². The van der Waals surface area contributed by atoms with Gasteiger partial charge in [-0.2, -0.15) is 5.10 Å². The van der Waals surface area contributed by atoms with Gasteiger partial charge in [0.15, 0.2) is 0 Å². The van der Waals surface area contributed by atoms with Crippen molar-refractivity contribution in [2.24, 2.45) is 0 Å². The zero-order valence-corrected chi connectivity index (χ0v) is 7.58. The maximum atomic E-state index is 5.42. The first-order valence-corrected chi connectivity index (χ1v) is 3.39. The van der Waals surface area contributed by atoms with E-state index >= 15 is 0 Å². The Balaban J connectivity index is 0.000000640. The largest absolute Gasteiger partial charge is 0.257 e. The first kappa shape index (κ1) is 9.27. The molecule has 0 aliphatic heterocycles. The molecule has 2 nitrogen and oxygen atoms in total. The van der Waals surface area contributed by atoms with Crippen LogP contribution in [0.15, 0.2) is 16.9 Å². The van der Waals surface area contributed by atoms with E-state index in [0.29, 0.717) is 6.00 Å². The van der Waals surface area contributed by atoms with Crippen LogP contribution in [0.25, 0.3) is 0 Å². The van der Waals surface area contributed by atoms with Gasteiger partial charge in [0, 0.05) is 6.20 Å². The molecule has 0 saturated carbocycles. The SMILES string of the molecule is Cl.ClCn1cc(Br)cn1. The number of hydrogen-bond acceptors (Lipinski definition) is 1. The number of hydrogen-bond donors (Lipinski definition) is 0. The smallest absolute Gasteiger partial charge is 0.115 e. The van der Waals surface area contributed by atoms with Crippen molar-refractivity contribution in [3.05, 3.63) is 16.9 Å². The second kappa shape index (κ2) is 4.14. The molecule has 0 spiro atoms. The van der Waals surface area contributed by atoms with E-state index in [1.807, 2.05) is 6.20 Å². The van der Waals surface area contributed by atoms with Crippen molar-refractivity contribution in [2.75, 3.05) is 0 Å². The van der Waals surface area contributed by atoms with Crippen molar-refractivity contribution in [3.8, 4) is 0 Å². The van der Waals surface area contributed by atoms with Gasteiger partial charge < -0.3 is 0 Å². The lowest BCUT2D eigenvalue weighted by Gasteiger charge is -1.86. The molecule has 0 aliphatic rings. The summed E-state index contributed by atoms with van der Waals surface area (Å²) in [5.74, 6) is 0. The Morgan fingerprint density at radius 3 is 2.67 bits per heavy atom. The zero-order valence-electron chi connectivity index (χ0n) is 4.42. The summed E-state index contributed by atoms with van der Waals surface area (Å²) in [7, 11) is 0. The van der Waals surface area contributed by atoms with Crippen LogP contribution >= 0.6 is 39.9 Å². The van der Waals surface area contributed by atoms with Crippen molar-refractivity contribution in [1.82, 2.24) is 9.78 Å². The van der Waals surface area contributed by atoms with Crippen LogP contribution in [0.4, 0.5) is 0 Å². The van der Waals surface area contributed by atoms with E-state index in [9.17, 15) is 0 Å². The topological polar surface area (TPSA) is 17.8 Å². The number of alkyl halides is 1. The minimum Gasteiger partial charge on any atom is -0.257 e. The number of rotatable bonds is 1. The third-order valence-corrected chi connectivity index (χ3v) is 1.38. The lowest BCUT2D eigenvalue weighted by atomic mass is 10.8. The van der Waals surface area contributed by atoms with E-state index in [-0.39, 0.29) is 12.4 Å². The third-order valence-electron chi connectivity index (χ3n) is 0.724. The fourth-order valence-corrected chi connectivity index (χ4v) is 0.862. The summed E-state index contributed by atoms with van der Waals surface area (Å²) >= 11 is 8.65. The molecule has 0 N–H and O–H groups in total. The van der Waals surface area contributed by atoms with Gasteiger partial charge in [0.05, 0.1) is 10.7 Å². The quantitative estimate of drug-likeness (QED) is 0.679. The number of nitrogens with zero attached hydrogens (tertiary/aromatic N) is 2. The molecule has 0 unspecified atom stereocenters. The van der Waals surface area contributed by atoms with Gasteiger partial charge in [0.2, 0.25) is 0 Å².